The molecule has 0 heterocycles. The molecule has 0 aliphatic carbocycles. The van der Waals surface area contributed by atoms with Crippen LogP contribution in [0.3, 0.4) is 0 Å². The van der Waals surface area contributed by atoms with Gasteiger partial charge in [-0.3, -0.25) is 4.79 Å². The minimum absolute atomic E-state index is 0.108. The van der Waals surface area contributed by atoms with E-state index in [1.807, 2.05) is 38.1 Å². The first kappa shape index (κ1) is 29.2. The van der Waals surface area contributed by atoms with Crippen LogP contribution in [0.25, 0.3) is 17.2 Å². The van der Waals surface area contributed by atoms with Gasteiger partial charge in [0.15, 0.2) is 0 Å². The average Bonchev–Trinajstić information content (AvgIpc) is 2.96. The van der Waals surface area contributed by atoms with Crippen LogP contribution in [0.1, 0.15) is 81.2 Å². The van der Waals surface area contributed by atoms with E-state index >= 15 is 0 Å². The lowest BCUT2D eigenvalue weighted by molar-refractivity contribution is -0.129. The van der Waals surface area contributed by atoms with Crippen LogP contribution in [0.5, 0.6) is 5.75 Å². The molecule has 0 aromatic heterocycles. The molecule has 4 heteroatoms. The highest BCUT2D eigenvalue weighted by molar-refractivity contribution is 5.72. The highest BCUT2D eigenvalue weighted by Crippen LogP contribution is 2.41. The Balaban J connectivity index is 1.98. The van der Waals surface area contributed by atoms with Crippen molar-refractivity contribution in [3.05, 3.63) is 94.6 Å². The molecule has 0 bridgehead atoms. The van der Waals surface area contributed by atoms with Crippen LogP contribution in [-0.2, 0) is 21.6 Å². The lowest BCUT2D eigenvalue weighted by atomic mass is 9.70. The van der Waals surface area contributed by atoms with Gasteiger partial charge in [0.1, 0.15) is 12.4 Å². The van der Waals surface area contributed by atoms with Crippen molar-refractivity contribution in [3.8, 4) is 16.9 Å². The standard InChI is InChI=1S/C34H42O4/c1-7-33(36,8-2)20-19-27-12-17-30(21-25(27)5)34(9-3,10-4)29-15-13-28(14-16-29)31-22-26(23-38-24-35)11-18-32(31)37-6/h11-22,24,36H,7-10,23H2,1-6H3/b20-19+. The molecule has 3 aromatic carbocycles. The second-order valence-electron chi connectivity index (χ2n) is 10.0. The molecule has 38 heavy (non-hydrogen) atoms. The summed E-state index contributed by atoms with van der Waals surface area (Å²) >= 11 is 0. The van der Waals surface area contributed by atoms with Gasteiger partial charge in [-0.25, -0.2) is 0 Å². The molecule has 0 radical (unpaired) electrons. The van der Waals surface area contributed by atoms with Crippen molar-refractivity contribution in [1.82, 2.24) is 0 Å². The SMILES string of the molecule is CCC(O)(/C=C/c1ccc(C(CC)(CC)c2ccc(-c3cc(COC=O)ccc3OC)cc2)cc1C)CC. The van der Waals surface area contributed by atoms with Gasteiger partial charge >= 0.3 is 0 Å². The van der Waals surface area contributed by atoms with Gasteiger partial charge in [0.25, 0.3) is 6.47 Å². The number of carbonyl (C=O) groups is 1. The molecule has 3 aromatic rings. The lowest BCUT2D eigenvalue weighted by Crippen LogP contribution is -2.26. The lowest BCUT2D eigenvalue weighted by Gasteiger charge is -2.34. The Morgan fingerprint density at radius 3 is 2.05 bits per heavy atom. The van der Waals surface area contributed by atoms with E-state index in [9.17, 15) is 9.90 Å². The van der Waals surface area contributed by atoms with Gasteiger partial charge in [-0.15, -0.1) is 0 Å². The summed E-state index contributed by atoms with van der Waals surface area (Å²) in [5, 5.41) is 10.7. The van der Waals surface area contributed by atoms with Crippen molar-refractivity contribution in [1.29, 1.82) is 0 Å². The number of aliphatic hydroxyl groups is 1. The quantitative estimate of drug-likeness (QED) is 0.235. The van der Waals surface area contributed by atoms with Crippen molar-refractivity contribution in [2.45, 2.75) is 77.9 Å². The summed E-state index contributed by atoms with van der Waals surface area (Å²) in [6.45, 7) is 11.4. The maximum atomic E-state index is 10.7. The molecule has 0 saturated heterocycles. The molecule has 0 amide bonds. The maximum Gasteiger partial charge on any atom is 0.293 e. The van der Waals surface area contributed by atoms with Gasteiger partial charge < -0.3 is 14.6 Å². The zero-order valence-corrected chi connectivity index (χ0v) is 23.7. The minimum Gasteiger partial charge on any atom is -0.496 e. The van der Waals surface area contributed by atoms with E-state index in [1.165, 1.54) is 16.7 Å². The number of hydrogen-bond donors (Lipinski definition) is 1. The average molecular weight is 515 g/mol. The van der Waals surface area contributed by atoms with Crippen molar-refractivity contribution in [3.63, 3.8) is 0 Å². The van der Waals surface area contributed by atoms with Crippen molar-refractivity contribution < 1.29 is 19.4 Å². The Hall–Kier alpha value is -3.37. The first-order valence-corrected chi connectivity index (χ1v) is 13.7. The van der Waals surface area contributed by atoms with Crippen LogP contribution in [0, 0.1) is 6.92 Å². The van der Waals surface area contributed by atoms with Crippen LogP contribution < -0.4 is 4.74 Å². The molecule has 202 valence electrons. The third-order valence-corrected chi connectivity index (χ3v) is 8.16. The first-order chi connectivity index (χ1) is 18.3. The monoisotopic (exact) mass is 514 g/mol. The molecule has 0 atom stereocenters. The van der Waals surface area contributed by atoms with Gasteiger partial charge in [-0.05, 0) is 78.1 Å². The minimum atomic E-state index is -0.757. The molecule has 3 rings (SSSR count). The Morgan fingerprint density at radius 1 is 0.842 bits per heavy atom. The number of hydrogen-bond acceptors (Lipinski definition) is 4. The Kier molecular flexibility index (Phi) is 9.93. The third kappa shape index (κ3) is 6.19. The van der Waals surface area contributed by atoms with Gasteiger partial charge in [-0.1, -0.05) is 88.4 Å². The van der Waals surface area contributed by atoms with Crippen molar-refractivity contribution in [2.24, 2.45) is 0 Å². The number of benzene rings is 3. The molecule has 0 aliphatic heterocycles. The fourth-order valence-corrected chi connectivity index (χ4v) is 5.29. The van der Waals surface area contributed by atoms with Gasteiger partial charge in [0, 0.05) is 11.0 Å². The number of aryl methyl sites for hydroxylation is 1. The summed E-state index contributed by atoms with van der Waals surface area (Å²) in [6.07, 6.45) is 7.35. The highest BCUT2D eigenvalue weighted by atomic mass is 16.5. The fourth-order valence-electron chi connectivity index (χ4n) is 5.29. The molecular weight excluding hydrogens is 472 g/mol. The van der Waals surface area contributed by atoms with Gasteiger partial charge in [-0.2, -0.15) is 0 Å². The normalized spacial score (nSPS) is 12.1. The zero-order valence-electron chi connectivity index (χ0n) is 23.7. The van der Waals surface area contributed by atoms with E-state index in [2.05, 4.69) is 69.3 Å². The van der Waals surface area contributed by atoms with Crippen LogP contribution in [0.4, 0.5) is 0 Å². The molecule has 0 fully saturated rings. The largest absolute Gasteiger partial charge is 0.496 e. The fraction of sp³-hybridized carbons (Fsp3) is 0.382. The topological polar surface area (TPSA) is 55.8 Å². The molecule has 0 spiro atoms. The predicted octanol–water partition coefficient (Wildman–Crippen LogP) is 8.01. The summed E-state index contributed by atoms with van der Waals surface area (Å²) < 4.78 is 10.6. The second kappa shape index (κ2) is 12.9. The van der Waals surface area contributed by atoms with E-state index < -0.39 is 5.60 Å². The van der Waals surface area contributed by atoms with E-state index in [4.69, 9.17) is 9.47 Å². The molecule has 1 N–H and O–H groups in total. The van der Waals surface area contributed by atoms with Gasteiger partial charge in [0.05, 0.1) is 12.7 Å². The van der Waals surface area contributed by atoms with E-state index in [-0.39, 0.29) is 12.0 Å². The van der Waals surface area contributed by atoms with Gasteiger partial charge in [0.2, 0.25) is 0 Å². The molecule has 0 saturated carbocycles. The zero-order chi connectivity index (χ0) is 27.8. The number of rotatable bonds is 13. The molecular formula is C34H42O4. The summed E-state index contributed by atoms with van der Waals surface area (Å²) in [5.41, 5.74) is 6.99. The van der Waals surface area contributed by atoms with Crippen LogP contribution in [-0.4, -0.2) is 24.3 Å². The Morgan fingerprint density at radius 2 is 1.50 bits per heavy atom. The first-order valence-electron chi connectivity index (χ1n) is 13.7. The van der Waals surface area contributed by atoms with Crippen molar-refractivity contribution in [2.75, 3.05) is 7.11 Å². The summed E-state index contributed by atoms with van der Waals surface area (Å²) in [4.78, 5) is 10.6. The summed E-state index contributed by atoms with van der Waals surface area (Å²) in [6, 6.07) is 21.3. The molecule has 4 nitrogen and oxygen atoms in total. The highest BCUT2D eigenvalue weighted by Gasteiger charge is 2.31. The Bertz CT molecular complexity index is 1230. The predicted molar refractivity (Wildman–Crippen MR) is 156 cm³/mol. The summed E-state index contributed by atoms with van der Waals surface area (Å²) in [7, 11) is 1.67. The maximum absolute atomic E-state index is 10.7. The van der Waals surface area contributed by atoms with E-state index in [1.54, 1.807) is 7.11 Å². The Labute approximate surface area is 228 Å². The second-order valence-corrected chi connectivity index (χ2v) is 10.0. The van der Waals surface area contributed by atoms with Crippen LogP contribution >= 0.6 is 0 Å². The smallest absolute Gasteiger partial charge is 0.293 e. The van der Waals surface area contributed by atoms with Crippen molar-refractivity contribution >= 4 is 12.5 Å². The number of ether oxygens (including phenoxy) is 2. The molecule has 0 unspecified atom stereocenters. The van der Waals surface area contributed by atoms with E-state index in [0.29, 0.717) is 19.3 Å². The number of carbonyl (C=O) groups excluding carboxylic acids is 1. The van der Waals surface area contributed by atoms with Crippen LogP contribution in [0.2, 0.25) is 0 Å². The summed E-state index contributed by atoms with van der Waals surface area (Å²) in [5.74, 6) is 0.780. The van der Waals surface area contributed by atoms with E-state index in [0.717, 1.165) is 40.8 Å². The van der Waals surface area contributed by atoms with Crippen LogP contribution in [0.15, 0.2) is 66.7 Å². The third-order valence-electron chi connectivity index (χ3n) is 8.16. The molecule has 0 aliphatic rings. The number of methoxy groups -OCH3 is 1.